The van der Waals surface area contributed by atoms with Crippen molar-refractivity contribution in [2.24, 2.45) is 0 Å². The van der Waals surface area contributed by atoms with E-state index < -0.39 is 0 Å². The van der Waals surface area contributed by atoms with Gasteiger partial charge in [0.2, 0.25) is 0 Å². The molecule has 1 aliphatic heterocycles. The number of rotatable bonds is 3. The first-order valence-corrected chi connectivity index (χ1v) is 8.05. The van der Waals surface area contributed by atoms with Crippen LogP contribution in [0.25, 0.3) is 0 Å². The number of hydrogen-bond donors (Lipinski definition) is 1. The molecule has 0 saturated carbocycles. The van der Waals surface area contributed by atoms with E-state index in [1.807, 2.05) is 0 Å². The molecule has 0 aliphatic carbocycles. The minimum absolute atomic E-state index is 0.0751. The van der Waals surface area contributed by atoms with Gasteiger partial charge in [0.25, 0.3) is 11.8 Å². The molecule has 5 nitrogen and oxygen atoms in total. The predicted molar refractivity (Wildman–Crippen MR) is 94.0 cm³/mol. The molecule has 0 aromatic heterocycles. The van der Waals surface area contributed by atoms with Crippen molar-refractivity contribution >= 4 is 46.4 Å². The number of carbonyl (C=O) groups excluding carboxylic acids is 2. The number of morpholine rings is 1. The molecule has 7 heteroatoms. The zero-order valence-electron chi connectivity index (χ0n) is 12.6. The SMILES string of the molecule is O=C(Nc1ccc(N2CCOCC2=O)cc1)c1ccc(Cl)c(Cl)c1. The molecule has 3 rings (SSSR count). The summed E-state index contributed by atoms with van der Waals surface area (Å²) in [6.45, 7) is 1.13. The topological polar surface area (TPSA) is 58.6 Å². The van der Waals surface area contributed by atoms with Crippen molar-refractivity contribution in [3.8, 4) is 0 Å². The van der Waals surface area contributed by atoms with Gasteiger partial charge in [-0.15, -0.1) is 0 Å². The first-order valence-electron chi connectivity index (χ1n) is 7.29. The van der Waals surface area contributed by atoms with Gasteiger partial charge >= 0.3 is 0 Å². The second kappa shape index (κ2) is 7.21. The molecule has 1 saturated heterocycles. The van der Waals surface area contributed by atoms with Gasteiger partial charge in [-0.05, 0) is 42.5 Å². The molecule has 0 atom stereocenters. The number of hydrogen-bond acceptors (Lipinski definition) is 3. The molecule has 24 heavy (non-hydrogen) atoms. The van der Waals surface area contributed by atoms with E-state index >= 15 is 0 Å². The molecule has 1 aliphatic rings. The van der Waals surface area contributed by atoms with Gasteiger partial charge in [-0.1, -0.05) is 23.2 Å². The molecule has 0 unspecified atom stereocenters. The quantitative estimate of drug-likeness (QED) is 0.904. The Labute approximate surface area is 149 Å². The highest BCUT2D eigenvalue weighted by molar-refractivity contribution is 6.42. The van der Waals surface area contributed by atoms with Gasteiger partial charge in [0.1, 0.15) is 6.61 Å². The highest BCUT2D eigenvalue weighted by Crippen LogP contribution is 2.24. The van der Waals surface area contributed by atoms with Crippen molar-refractivity contribution in [2.45, 2.75) is 0 Å². The third kappa shape index (κ3) is 3.70. The summed E-state index contributed by atoms with van der Waals surface area (Å²) in [7, 11) is 0. The first kappa shape index (κ1) is 16.8. The predicted octanol–water partition coefficient (Wildman–Crippen LogP) is 3.61. The molecule has 1 heterocycles. The fourth-order valence-corrected chi connectivity index (χ4v) is 2.65. The molecule has 2 aromatic rings. The summed E-state index contributed by atoms with van der Waals surface area (Å²) >= 11 is 11.8. The highest BCUT2D eigenvalue weighted by atomic mass is 35.5. The number of benzene rings is 2. The second-order valence-corrected chi connectivity index (χ2v) is 6.04. The molecular formula is C17H14Cl2N2O3. The minimum atomic E-state index is -0.288. The van der Waals surface area contributed by atoms with Crippen LogP contribution >= 0.6 is 23.2 Å². The standard InChI is InChI=1S/C17H14Cl2N2O3/c18-14-6-1-11(9-15(14)19)17(23)20-12-2-4-13(5-3-12)21-7-8-24-10-16(21)22/h1-6,9H,7-8,10H2,(H,20,23). The van der Waals surface area contributed by atoms with Crippen molar-refractivity contribution < 1.29 is 14.3 Å². The van der Waals surface area contributed by atoms with Gasteiger partial charge < -0.3 is 15.0 Å². The Morgan fingerprint density at radius 2 is 1.83 bits per heavy atom. The van der Waals surface area contributed by atoms with E-state index in [1.165, 1.54) is 6.07 Å². The molecule has 2 aromatic carbocycles. The normalized spacial score (nSPS) is 14.6. The van der Waals surface area contributed by atoms with Crippen molar-refractivity contribution in [3.63, 3.8) is 0 Å². The van der Waals surface area contributed by atoms with Crippen LogP contribution in [0.5, 0.6) is 0 Å². The number of anilines is 2. The van der Waals surface area contributed by atoms with Crippen LogP contribution in [-0.4, -0.2) is 31.6 Å². The smallest absolute Gasteiger partial charge is 0.255 e. The van der Waals surface area contributed by atoms with Gasteiger partial charge in [-0.3, -0.25) is 9.59 Å². The lowest BCUT2D eigenvalue weighted by Crippen LogP contribution is -2.41. The first-order chi connectivity index (χ1) is 11.5. The molecule has 0 bridgehead atoms. The summed E-state index contributed by atoms with van der Waals surface area (Å²) in [5.41, 5.74) is 1.81. The van der Waals surface area contributed by atoms with Crippen LogP contribution in [0.4, 0.5) is 11.4 Å². The number of nitrogens with one attached hydrogen (secondary N) is 1. The summed E-state index contributed by atoms with van der Waals surface area (Å²) in [5, 5.41) is 3.50. The summed E-state index contributed by atoms with van der Waals surface area (Å²) < 4.78 is 5.11. The second-order valence-electron chi connectivity index (χ2n) is 5.23. The van der Waals surface area contributed by atoms with Crippen molar-refractivity contribution in [2.75, 3.05) is 30.0 Å². The number of amides is 2. The lowest BCUT2D eigenvalue weighted by molar-refractivity contribution is -0.125. The van der Waals surface area contributed by atoms with Crippen LogP contribution in [-0.2, 0) is 9.53 Å². The van der Waals surface area contributed by atoms with E-state index in [0.717, 1.165) is 5.69 Å². The Hall–Kier alpha value is -2.08. The Morgan fingerprint density at radius 1 is 1.08 bits per heavy atom. The molecule has 0 radical (unpaired) electrons. The molecule has 0 spiro atoms. The fourth-order valence-electron chi connectivity index (χ4n) is 2.36. The zero-order chi connectivity index (χ0) is 17.1. The van der Waals surface area contributed by atoms with Crippen LogP contribution in [0.1, 0.15) is 10.4 Å². The van der Waals surface area contributed by atoms with E-state index in [1.54, 1.807) is 41.3 Å². The van der Waals surface area contributed by atoms with Crippen LogP contribution < -0.4 is 10.2 Å². The van der Waals surface area contributed by atoms with Crippen LogP contribution in [0.3, 0.4) is 0 Å². The number of halogens is 2. The average molecular weight is 365 g/mol. The third-order valence-electron chi connectivity index (χ3n) is 3.60. The van der Waals surface area contributed by atoms with E-state index in [2.05, 4.69) is 5.32 Å². The molecular weight excluding hydrogens is 351 g/mol. The molecule has 124 valence electrons. The van der Waals surface area contributed by atoms with E-state index in [9.17, 15) is 9.59 Å². The Morgan fingerprint density at radius 3 is 2.50 bits per heavy atom. The maximum atomic E-state index is 12.2. The number of ether oxygens (including phenoxy) is 1. The van der Waals surface area contributed by atoms with Crippen LogP contribution in [0.2, 0.25) is 10.0 Å². The fraction of sp³-hybridized carbons (Fsp3) is 0.176. The minimum Gasteiger partial charge on any atom is -0.370 e. The molecule has 1 N–H and O–H groups in total. The van der Waals surface area contributed by atoms with Gasteiger partial charge in [0, 0.05) is 23.5 Å². The summed E-state index contributed by atoms with van der Waals surface area (Å²) in [4.78, 5) is 25.7. The Balaban J connectivity index is 1.70. The Kier molecular flexibility index (Phi) is 5.04. The van der Waals surface area contributed by atoms with Gasteiger partial charge in [-0.2, -0.15) is 0 Å². The average Bonchev–Trinajstić information content (AvgIpc) is 2.58. The van der Waals surface area contributed by atoms with Crippen LogP contribution in [0.15, 0.2) is 42.5 Å². The number of carbonyl (C=O) groups is 2. The van der Waals surface area contributed by atoms with Crippen molar-refractivity contribution in [1.82, 2.24) is 0 Å². The molecule has 1 fully saturated rings. The van der Waals surface area contributed by atoms with E-state index in [-0.39, 0.29) is 18.4 Å². The lowest BCUT2D eigenvalue weighted by atomic mass is 10.2. The summed E-state index contributed by atoms with van der Waals surface area (Å²) in [5.74, 6) is -0.363. The van der Waals surface area contributed by atoms with Gasteiger partial charge in [-0.25, -0.2) is 0 Å². The number of nitrogens with zero attached hydrogens (tertiary/aromatic N) is 1. The van der Waals surface area contributed by atoms with Crippen LogP contribution in [0, 0.1) is 0 Å². The van der Waals surface area contributed by atoms with E-state index in [0.29, 0.717) is 34.4 Å². The Bertz CT molecular complexity index is 778. The maximum Gasteiger partial charge on any atom is 0.255 e. The van der Waals surface area contributed by atoms with E-state index in [4.69, 9.17) is 27.9 Å². The van der Waals surface area contributed by atoms with Crippen molar-refractivity contribution in [3.05, 3.63) is 58.1 Å². The van der Waals surface area contributed by atoms with Gasteiger partial charge in [0.05, 0.1) is 16.7 Å². The largest absolute Gasteiger partial charge is 0.370 e. The highest BCUT2D eigenvalue weighted by Gasteiger charge is 2.20. The summed E-state index contributed by atoms with van der Waals surface area (Å²) in [6, 6.07) is 11.7. The zero-order valence-corrected chi connectivity index (χ0v) is 14.1. The summed E-state index contributed by atoms with van der Waals surface area (Å²) in [6.07, 6.45) is 0. The van der Waals surface area contributed by atoms with Crippen molar-refractivity contribution in [1.29, 1.82) is 0 Å². The maximum absolute atomic E-state index is 12.2. The third-order valence-corrected chi connectivity index (χ3v) is 4.34. The molecule has 2 amide bonds. The monoisotopic (exact) mass is 364 g/mol. The van der Waals surface area contributed by atoms with Gasteiger partial charge in [0.15, 0.2) is 0 Å². The lowest BCUT2D eigenvalue weighted by Gasteiger charge is -2.26.